The largest absolute Gasteiger partial charge is 0.493 e. The molecule has 0 saturated carbocycles. The molecule has 2 aromatic carbocycles. The highest BCUT2D eigenvalue weighted by molar-refractivity contribution is 6.32. The Balaban J connectivity index is 1.72. The van der Waals surface area contributed by atoms with Gasteiger partial charge in [0.15, 0.2) is 0 Å². The van der Waals surface area contributed by atoms with E-state index in [1.54, 1.807) is 31.5 Å². The van der Waals surface area contributed by atoms with E-state index in [-0.39, 0.29) is 12.6 Å². The second-order valence-corrected chi connectivity index (χ2v) is 8.81. The fourth-order valence-corrected chi connectivity index (χ4v) is 4.24. The van der Waals surface area contributed by atoms with E-state index in [2.05, 4.69) is 26.7 Å². The first-order valence-electron chi connectivity index (χ1n) is 12.2. The molecule has 2 heterocycles. The van der Waals surface area contributed by atoms with Gasteiger partial charge < -0.3 is 25.8 Å². The smallest absolute Gasteiger partial charge is 0.241 e. The van der Waals surface area contributed by atoms with E-state index in [1.807, 2.05) is 43.3 Å². The third-order valence-electron chi connectivity index (χ3n) is 5.82. The lowest BCUT2D eigenvalue weighted by Crippen LogP contribution is -2.17. The van der Waals surface area contributed by atoms with Crippen LogP contribution in [0.4, 0.5) is 11.4 Å². The molecule has 4 rings (SSSR count). The van der Waals surface area contributed by atoms with Crippen LogP contribution < -0.4 is 25.8 Å². The van der Waals surface area contributed by atoms with Gasteiger partial charge in [0.25, 0.3) is 0 Å². The lowest BCUT2D eigenvalue weighted by atomic mass is 10.00. The van der Waals surface area contributed by atoms with Crippen molar-refractivity contribution >= 4 is 39.8 Å². The minimum atomic E-state index is -0.561. The highest BCUT2D eigenvalue weighted by atomic mass is 35.5. The number of carbonyl (C=O) groups excluding carboxylic acids is 1. The number of nitrogens with two attached hydrogens (primary N) is 1. The molecule has 39 heavy (non-hydrogen) atoms. The van der Waals surface area contributed by atoms with E-state index in [4.69, 9.17) is 26.8 Å². The van der Waals surface area contributed by atoms with Gasteiger partial charge in [-0.1, -0.05) is 23.7 Å². The van der Waals surface area contributed by atoms with Crippen LogP contribution in [0.3, 0.4) is 0 Å². The van der Waals surface area contributed by atoms with E-state index >= 15 is 0 Å². The summed E-state index contributed by atoms with van der Waals surface area (Å²) in [7, 11) is 1.76. The second-order valence-electron chi connectivity index (χ2n) is 8.41. The van der Waals surface area contributed by atoms with Crippen molar-refractivity contribution in [3.63, 3.8) is 0 Å². The molecule has 198 valence electrons. The van der Waals surface area contributed by atoms with Crippen molar-refractivity contribution in [3.8, 4) is 17.6 Å². The lowest BCUT2D eigenvalue weighted by Gasteiger charge is -2.20. The summed E-state index contributed by atoms with van der Waals surface area (Å²) in [6, 6.07) is 16.4. The van der Waals surface area contributed by atoms with Gasteiger partial charge in [-0.15, -0.1) is 0 Å². The highest BCUT2D eigenvalue weighted by Gasteiger charge is 2.18. The van der Waals surface area contributed by atoms with Gasteiger partial charge in [0, 0.05) is 41.2 Å². The number of likely N-dealkylation sites (N-methyl/N-ethyl adjacent to an activating group) is 1. The van der Waals surface area contributed by atoms with E-state index in [1.165, 1.54) is 12.3 Å². The maximum absolute atomic E-state index is 11.4. The molecule has 4 aromatic rings. The first-order chi connectivity index (χ1) is 18.9. The Kier molecular flexibility index (Phi) is 8.94. The van der Waals surface area contributed by atoms with Crippen LogP contribution in [0.1, 0.15) is 29.8 Å². The highest BCUT2D eigenvalue weighted by Crippen LogP contribution is 2.37. The summed E-state index contributed by atoms with van der Waals surface area (Å²) in [6.45, 7) is 2.60. The Morgan fingerprint density at radius 2 is 2.03 bits per heavy atom. The predicted octanol–water partition coefficient (Wildman–Crippen LogP) is 5.18. The average molecular weight is 543 g/mol. The van der Waals surface area contributed by atoms with Gasteiger partial charge in [-0.3, -0.25) is 14.8 Å². The molecule has 10 heteroatoms. The van der Waals surface area contributed by atoms with Crippen molar-refractivity contribution in [2.75, 3.05) is 19.0 Å². The zero-order chi connectivity index (χ0) is 27.8. The molecular weight excluding hydrogens is 516 g/mol. The number of hydrogen-bond acceptors (Lipinski definition) is 8. The number of amides is 1. The topological polar surface area (TPSA) is 135 Å². The lowest BCUT2D eigenvalue weighted by molar-refractivity contribution is -0.113. The summed E-state index contributed by atoms with van der Waals surface area (Å²) >= 11 is 6.52. The normalized spacial score (nSPS) is 11.7. The van der Waals surface area contributed by atoms with Gasteiger partial charge in [-0.25, -0.2) is 0 Å². The summed E-state index contributed by atoms with van der Waals surface area (Å²) in [5.74, 6) is 0.544. The Labute approximate surface area is 231 Å². The summed E-state index contributed by atoms with van der Waals surface area (Å²) in [4.78, 5) is 20.1. The molecule has 0 aliphatic rings. The number of primary amides is 1. The molecule has 0 aliphatic carbocycles. The maximum Gasteiger partial charge on any atom is 0.241 e. The molecule has 2 aromatic heterocycles. The zero-order valence-corrected chi connectivity index (χ0v) is 22.2. The van der Waals surface area contributed by atoms with Crippen LogP contribution in [0, 0.1) is 11.3 Å². The number of halogens is 1. The standard InChI is InChI=1S/C29H27ClN6O3/c1-3-38-27-14-25-22(13-21(27)24(33-2)8-10-28(32)37)29(18(15-31)16-35-25)36-19-7-9-26(23(30)12-19)39-17-20-6-4-5-11-34-20/h4-14,16,24,33H,3,17H2,1-2H3,(H2,32,37)(H,35,36). The van der Waals surface area contributed by atoms with Crippen molar-refractivity contribution in [2.45, 2.75) is 19.6 Å². The van der Waals surface area contributed by atoms with Gasteiger partial charge in [0.05, 0.1) is 40.1 Å². The molecule has 1 unspecified atom stereocenters. The van der Waals surface area contributed by atoms with Crippen LogP contribution >= 0.6 is 11.6 Å². The van der Waals surface area contributed by atoms with E-state index in [0.717, 1.165) is 11.3 Å². The summed E-state index contributed by atoms with van der Waals surface area (Å²) < 4.78 is 11.7. The number of nitriles is 1. The van der Waals surface area contributed by atoms with Crippen LogP contribution in [-0.2, 0) is 11.4 Å². The Bertz CT molecular complexity index is 1550. The van der Waals surface area contributed by atoms with Crippen LogP contribution in [-0.4, -0.2) is 29.5 Å². The minimum absolute atomic E-state index is 0.280. The number of aromatic nitrogens is 2. The van der Waals surface area contributed by atoms with Crippen LogP contribution in [0.5, 0.6) is 11.5 Å². The minimum Gasteiger partial charge on any atom is -0.493 e. The number of ether oxygens (including phenoxy) is 2. The Morgan fingerprint density at radius 1 is 1.18 bits per heavy atom. The molecule has 0 bridgehead atoms. The zero-order valence-electron chi connectivity index (χ0n) is 21.4. The molecule has 0 radical (unpaired) electrons. The van der Waals surface area contributed by atoms with E-state index in [9.17, 15) is 10.1 Å². The molecule has 9 nitrogen and oxygen atoms in total. The average Bonchev–Trinajstić information content (AvgIpc) is 2.94. The molecule has 1 amide bonds. The van der Waals surface area contributed by atoms with Gasteiger partial charge >= 0.3 is 0 Å². The van der Waals surface area contributed by atoms with E-state index in [0.29, 0.717) is 51.0 Å². The number of benzene rings is 2. The first kappa shape index (κ1) is 27.4. The maximum atomic E-state index is 11.4. The molecule has 0 saturated heterocycles. The number of anilines is 2. The number of pyridine rings is 2. The predicted molar refractivity (Wildman–Crippen MR) is 151 cm³/mol. The van der Waals surface area contributed by atoms with Crippen LogP contribution in [0.15, 0.2) is 73.1 Å². The number of nitrogens with one attached hydrogen (secondary N) is 2. The van der Waals surface area contributed by atoms with Crippen LogP contribution in [0.25, 0.3) is 10.9 Å². The third kappa shape index (κ3) is 6.62. The van der Waals surface area contributed by atoms with Crippen molar-refractivity contribution in [2.24, 2.45) is 5.73 Å². The Hall–Kier alpha value is -4.65. The molecule has 0 spiro atoms. The van der Waals surface area contributed by atoms with Crippen molar-refractivity contribution in [3.05, 3.63) is 94.9 Å². The second kappa shape index (κ2) is 12.7. The van der Waals surface area contributed by atoms with Gasteiger partial charge in [-0.2, -0.15) is 5.26 Å². The van der Waals surface area contributed by atoms with Crippen molar-refractivity contribution in [1.29, 1.82) is 5.26 Å². The van der Waals surface area contributed by atoms with Crippen molar-refractivity contribution < 1.29 is 14.3 Å². The van der Waals surface area contributed by atoms with E-state index < -0.39 is 5.91 Å². The van der Waals surface area contributed by atoms with Crippen LogP contribution in [0.2, 0.25) is 5.02 Å². The Morgan fingerprint density at radius 3 is 2.69 bits per heavy atom. The fourth-order valence-electron chi connectivity index (χ4n) is 4.00. The fraction of sp³-hybridized carbons (Fsp3) is 0.172. The number of hydrogen-bond donors (Lipinski definition) is 3. The number of nitrogens with zero attached hydrogens (tertiary/aromatic N) is 3. The van der Waals surface area contributed by atoms with Gasteiger partial charge in [0.1, 0.15) is 24.2 Å². The number of carbonyl (C=O) groups is 1. The molecule has 1 atom stereocenters. The van der Waals surface area contributed by atoms with Crippen molar-refractivity contribution in [1.82, 2.24) is 15.3 Å². The SMILES string of the molecule is CCOc1cc2ncc(C#N)c(Nc3ccc(OCc4ccccn4)c(Cl)c3)c2cc1C(C=CC(N)=O)NC. The number of fused-ring (bicyclic) bond motifs is 1. The molecular formula is C29H27ClN6O3. The van der Waals surface area contributed by atoms with Gasteiger partial charge in [0.2, 0.25) is 5.91 Å². The molecule has 4 N–H and O–H groups in total. The summed E-state index contributed by atoms with van der Waals surface area (Å²) in [5.41, 5.74) is 9.03. The monoisotopic (exact) mass is 542 g/mol. The first-order valence-corrected chi connectivity index (χ1v) is 12.5. The molecule has 0 fully saturated rings. The summed E-state index contributed by atoms with van der Waals surface area (Å²) in [6.07, 6.45) is 6.16. The van der Waals surface area contributed by atoms with Gasteiger partial charge in [-0.05, 0) is 50.4 Å². The summed E-state index contributed by atoms with van der Waals surface area (Å²) in [5, 5.41) is 17.4. The molecule has 0 aliphatic heterocycles. The number of rotatable bonds is 11. The third-order valence-corrected chi connectivity index (χ3v) is 6.12. The quantitative estimate of drug-likeness (QED) is 0.221.